The summed E-state index contributed by atoms with van der Waals surface area (Å²) in [7, 11) is 0. The summed E-state index contributed by atoms with van der Waals surface area (Å²) in [5, 5.41) is 8.43. The lowest BCUT2D eigenvalue weighted by Gasteiger charge is -1.97. The highest BCUT2D eigenvalue weighted by atomic mass is 16.4. The lowest BCUT2D eigenvalue weighted by molar-refractivity contribution is -0.137. The van der Waals surface area contributed by atoms with E-state index in [1.54, 1.807) is 0 Å². The SMILES string of the molecule is CCC#C/C=C/CCCCCCCC(=O)O. The van der Waals surface area contributed by atoms with Crippen LogP contribution < -0.4 is 0 Å². The molecule has 0 radical (unpaired) electrons. The maximum atomic E-state index is 10.2. The van der Waals surface area contributed by atoms with Crippen LogP contribution in [-0.2, 0) is 4.79 Å². The maximum Gasteiger partial charge on any atom is 0.303 e. The van der Waals surface area contributed by atoms with E-state index in [-0.39, 0.29) is 0 Å². The van der Waals surface area contributed by atoms with Gasteiger partial charge in [-0.05, 0) is 25.3 Å². The van der Waals surface area contributed by atoms with Gasteiger partial charge in [0.2, 0.25) is 0 Å². The zero-order valence-electron chi connectivity index (χ0n) is 10.2. The van der Waals surface area contributed by atoms with Crippen LogP contribution in [0.1, 0.15) is 58.3 Å². The third-order valence-corrected chi connectivity index (χ3v) is 2.24. The molecule has 2 nitrogen and oxygen atoms in total. The Bertz CT molecular complexity index is 256. The van der Waals surface area contributed by atoms with E-state index in [1.807, 2.05) is 13.0 Å². The summed E-state index contributed by atoms with van der Waals surface area (Å²) in [5.74, 6) is 5.27. The Morgan fingerprint density at radius 2 is 1.88 bits per heavy atom. The summed E-state index contributed by atoms with van der Waals surface area (Å²) in [6.07, 6.45) is 11.7. The Hall–Kier alpha value is -1.23. The first-order chi connectivity index (χ1) is 7.77. The summed E-state index contributed by atoms with van der Waals surface area (Å²) >= 11 is 0. The molecule has 0 aliphatic heterocycles. The molecule has 90 valence electrons. The van der Waals surface area contributed by atoms with Crippen molar-refractivity contribution in [2.75, 3.05) is 0 Å². The number of carboxylic acids is 1. The molecule has 0 aromatic rings. The van der Waals surface area contributed by atoms with E-state index in [9.17, 15) is 4.79 Å². The number of rotatable bonds is 8. The molecule has 0 amide bonds. The third-order valence-electron chi connectivity index (χ3n) is 2.24. The largest absolute Gasteiger partial charge is 0.481 e. The molecule has 0 bridgehead atoms. The average molecular weight is 222 g/mol. The molecule has 0 aromatic heterocycles. The van der Waals surface area contributed by atoms with E-state index in [1.165, 1.54) is 12.8 Å². The van der Waals surface area contributed by atoms with Crippen LogP contribution in [0, 0.1) is 11.8 Å². The summed E-state index contributed by atoms with van der Waals surface area (Å²) in [4.78, 5) is 10.2. The Morgan fingerprint density at radius 1 is 1.19 bits per heavy atom. The van der Waals surface area contributed by atoms with Crippen molar-refractivity contribution in [1.82, 2.24) is 0 Å². The third kappa shape index (κ3) is 12.8. The minimum Gasteiger partial charge on any atom is -0.481 e. The fourth-order valence-electron chi connectivity index (χ4n) is 1.37. The molecule has 0 spiro atoms. The second-order valence-electron chi connectivity index (χ2n) is 3.78. The first-order valence-corrected chi connectivity index (χ1v) is 6.12. The Morgan fingerprint density at radius 3 is 2.56 bits per heavy atom. The molecule has 0 rings (SSSR count). The van der Waals surface area contributed by atoms with Crippen LogP contribution in [-0.4, -0.2) is 11.1 Å². The molecular weight excluding hydrogens is 200 g/mol. The van der Waals surface area contributed by atoms with Gasteiger partial charge in [0.15, 0.2) is 0 Å². The van der Waals surface area contributed by atoms with Crippen molar-refractivity contribution in [1.29, 1.82) is 0 Å². The topological polar surface area (TPSA) is 37.3 Å². The quantitative estimate of drug-likeness (QED) is 0.501. The van der Waals surface area contributed by atoms with Crippen LogP contribution in [0.5, 0.6) is 0 Å². The monoisotopic (exact) mass is 222 g/mol. The smallest absolute Gasteiger partial charge is 0.303 e. The summed E-state index contributed by atoms with van der Waals surface area (Å²) in [5.41, 5.74) is 0. The normalized spacial score (nSPS) is 10.1. The predicted molar refractivity (Wildman–Crippen MR) is 67.2 cm³/mol. The molecule has 0 heterocycles. The number of unbranched alkanes of at least 4 members (excludes halogenated alkanes) is 5. The Kier molecular flexibility index (Phi) is 10.9. The summed E-state index contributed by atoms with van der Waals surface area (Å²) in [6.45, 7) is 2.04. The molecule has 0 unspecified atom stereocenters. The van der Waals surface area contributed by atoms with Gasteiger partial charge in [-0.2, -0.15) is 0 Å². The van der Waals surface area contributed by atoms with Crippen molar-refractivity contribution in [2.24, 2.45) is 0 Å². The minimum atomic E-state index is -0.683. The second-order valence-corrected chi connectivity index (χ2v) is 3.78. The van der Waals surface area contributed by atoms with Crippen molar-refractivity contribution < 1.29 is 9.90 Å². The van der Waals surface area contributed by atoms with Gasteiger partial charge in [0.25, 0.3) is 0 Å². The second kappa shape index (κ2) is 11.8. The molecule has 2 heteroatoms. The van der Waals surface area contributed by atoms with E-state index in [0.717, 1.165) is 32.1 Å². The van der Waals surface area contributed by atoms with Gasteiger partial charge in [0.05, 0.1) is 0 Å². The highest BCUT2D eigenvalue weighted by molar-refractivity contribution is 5.66. The molecule has 0 saturated heterocycles. The van der Waals surface area contributed by atoms with Crippen LogP contribution in [0.15, 0.2) is 12.2 Å². The van der Waals surface area contributed by atoms with Gasteiger partial charge < -0.3 is 5.11 Å². The van der Waals surface area contributed by atoms with E-state index >= 15 is 0 Å². The molecule has 0 fully saturated rings. The van der Waals surface area contributed by atoms with Crippen molar-refractivity contribution in [3.63, 3.8) is 0 Å². The highest BCUT2D eigenvalue weighted by Crippen LogP contribution is 2.07. The lowest BCUT2D eigenvalue weighted by Crippen LogP contribution is -1.93. The van der Waals surface area contributed by atoms with Gasteiger partial charge in [0.1, 0.15) is 0 Å². The molecule has 0 atom stereocenters. The number of carboxylic acid groups (broad SMARTS) is 1. The van der Waals surface area contributed by atoms with E-state index in [2.05, 4.69) is 17.9 Å². The molecule has 16 heavy (non-hydrogen) atoms. The van der Waals surface area contributed by atoms with Crippen LogP contribution in [0.4, 0.5) is 0 Å². The maximum absolute atomic E-state index is 10.2. The molecule has 0 aliphatic rings. The standard InChI is InChI=1S/C14H22O2/c1-2-3-4-5-6-7-8-9-10-11-12-13-14(15)16/h5-6H,2,7-13H2,1H3,(H,15,16)/b6-5+. The molecular formula is C14H22O2. The zero-order valence-corrected chi connectivity index (χ0v) is 10.2. The Labute approximate surface area is 98.7 Å². The summed E-state index contributed by atoms with van der Waals surface area (Å²) < 4.78 is 0. The van der Waals surface area contributed by atoms with Gasteiger partial charge in [-0.3, -0.25) is 4.79 Å². The number of hydrogen-bond donors (Lipinski definition) is 1. The lowest BCUT2D eigenvalue weighted by atomic mass is 10.1. The van der Waals surface area contributed by atoms with Crippen LogP contribution in [0.25, 0.3) is 0 Å². The number of hydrogen-bond acceptors (Lipinski definition) is 1. The number of allylic oxidation sites excluding steroid dienone is 2. The van der Waals surface area contributed by atoms with Crippen molar-refractivity contribution in [3.8, 4) is 11.8 Å². The fourth-order valence-corrected chi connectivity index (χ4v) is 1.37. The van der Waals surface area contributed by atoms with Gasteiger partial charge >= 0.3 is 5.97 Å². The van der Waals surface area contributed by atoms with Crippen molar-refractivity contribution in [3.05, 3.63) is 12.2 Å². The Balaban J connectivity index is 3.15. The molecule has 0 aromatic carbocycles. The average Bonchev–Trinajstić information content (AvgIpc) is 2.25. The first kappa shape index (κ1) is 14.8. The molecule has 1 N–H and O–H groups in total. The van der Waals surface area contributed by atoms with Crippen LogP contribution >= 0.6 is 0 Å². The van der Waals surface area contributed by atoms with Gasteiger partial charge in [-0.1, -0.05) is 44.1 Å². The molecule has 0 saturated carbocycles. The van der Waals surface area contributed by atoms with E-state index in [4.69, 9.17) is 5.11 Å². The van der Waals surface area contributed by atoms with E-state index < -0.39 is 5.97 Å². The minimum absolute atomic E-state index is 0.312. The fraction of sp³-hybridized carbons (Fsp3) is 0.643. The zero-order chi connectivity index (χ0) is 12.1. The highest BCUT2D eigenvalue weighted by Gasteiger charge is 1.95. The van der Waals surface area contributed by atoms with Crippen LogP contribution in [0.3, 0.4) is 0 Å². The van der Waals surface area contributed by atoms with Gasteiger partial charge in [-0.15, -0.1) is 0 Å². The van der Waals surface area contributed by atoms with Crippen LogP contribution in [0.2, 0.25) is 0 Å². The van der Waals surface area contributed by atoms with Gasteiger partial charge in [0, 0.05) is 12.8 Å². The first-order valence-electron chi connectivity index (χ1n) is 6.12. The predicted octanol–water partition coefficient (Wildman–Crippen LogP) is 3.77. The number of carbonyl (C=O) groups is 1. The van der Waals surface area contributed by atoms with Crippen molar-refractivity contribution >= 4 is 5.97 Å². The van der Waals surface area contributed by atoms with E-state index in [0.29, 0.717) is 6.42 Å². The van der Waals surface area contributed by atoms with Crippen molar-refractivity contribution in [2.45, 2.75) is 58.3 Å². The summed E-state index contributed by atoms with van der Waals surface area (Å²) in [6, 6.07) is 0. The molecule has 0 aliphatic carbocycles. The van der Waals surface area contributed by atoms with Gasteiger partial charge in [-0.25, -0.2) is 0 Å². The number of aliphatic carboxylic acids is 1.